The summed E-state index contributed by atoms with van der Waals surface area (Å²) in [6.07, 6.45) is -6.20. The quantitative estimate of drug-likeness (QED) is 0.275. The van der Waals surface area contributed by atoms with Gasteiger partial charge in [0.2, 0.25) is 0 Å². The predicted octanol–water partition coefficient (Wildman–Crippen LogP) is 8.18. The van der Waals surface area contributed by atoms with Gasteiger partial charge in [0.15, 0.2) is 15.3 Å². The highest BCUT2D eigenvalue weighted by Gasteiger charge is 2.76. The Bertz CT molecular complexity index is 890. The van der Waals surface area contributed by atoms with E-state index >= 15 is 0 Å². The molecule has 0 radical (unpaired) electrons. The van der Waals surface area contributed by atoms with E-state index < -0.39 is 45.5 Å². The molecule has 0 aromatic heterocycles. The van der Waals surface area contributed by atoms with E-state index in [0.29, 0.717) is 44.4 Å². The van der Waals surface area contributed by atoms with Gasteiger partial charge in [0.1, 0.15) is 0 Å². The van der Waals surface area contributed by atoms with E-state index in [-0.39, 0.29) is 74.1 Å². The van der Waals surface area contributed by atoms with Crippen LogP contribution >= 0.6 is 0 Å². The molecule has 4 aliphatic carbocycles. The van der Waals surface area contributed by atoms with Gasteiger partial charge in [-0.1, -0.05) is 6.92 Å². The van der Waals surface area contributed by atoms with Crippen molar-refractivity contribution in [2.75, 3.05) is 7.11 Å². The van der Waals surface area contributed by atoms with Crippen LogP contribution in [-0.4, -0.2) is 56.7 Å². The second-order valence-corrected chi connectivity index (χ2v) is 15.6. The molecular weight excluding hydrogens is 558 g/mol. The van der Waals surface area contributed by atoms with Gasteiger partial charge < -0.3 is 9.47 Å². The maximum atomic E-state index is 14.5. The Kier molecular flexibility index (Phi) is 10.2. The average Bonchev–Trinajstić information content (AvgIpc) is 2.89. The fourth-order valence-electron chi connectivity index (χ4n) is 8.43. The monoisotopic (exact) mass is 604 g/mol. The fourth-order valence-corrected chi connectivity index (χ4v) is 10.8. The second kappa shape index (κ2) is 12.6. The van der Waals surface area contributed by atoms with E-state index in [0.717, 1.165) is 12.8 Å². The highest BCUT2D eigenvalue weighted by atomic mass is 32.2. The van der Waals surface area contributed by atoms with Crippen LogP contribution in [0.2, 0.25) is 0 Å². The summed E-state index contributed by atoms with van der Waals surface area (Å²) in [7, 11) is -1.77. The minimum absolute atomic E-state index is 0.153. The van der Waals surface area contributed by atoms with Gasteiger partial charge in [0.25, 0.3) is 0 Å². The van der Waals surface area contributed by atoms with Crippen molar-refractivity contribution in [3.05, 3.63) is 0 Å². The Hall–Kier alpha value is -0.550. The molecule has 0 saturated heterocycles. The van der Waals surface area contributed by atoms with E-state index in [1.54, 1.807) is 0 Å². The minimum Gasteiger partial charge on any atom is -0.381 e. The molecule has 4 aliphatic rings. The molecule has 0 atom stereocenters. The lowest BCUT2D eigenvalue weighted by molar-refractivity contribution is -0.383. The van der Waals surface area contributed by atoms with Crippen molar-refractivity contribution >= 4 is 9.84 Å². The molecule has 234 valence electrons. The first-order valence-electron chi connectivity index (χ1n) is 15.2. The van der Waals surface area contributed by atoms with Gasteiger partial charge in [-0.05, 0) is 120 Å². The minimum atomic E-state index is -5.39. The SMILES string of the molecule is COC1CCC(C(C2CCC(OC3CCC(S(=O)(=O)C4CCC(C)CC4)CC3)CC2)(C(F)(F)F)C(F)(F)F)CC1. The average molecular weight is 605 g/mol. The molecule has 0 amide bonds. The van der Waals surface area contributed by atoms with E-state index in [1.807, 2.05) is 0 Å². The van der Waals surface area contributed by atoms with Crippen molar-refractivity contribution in [3.63, 3.8) is 0 Å². The van der Waals surface area contributed by atoms with Crippen LogP contribution in [0.1, 0.15) is 110 Å². The largest absolute Gasteiger partial charge is 0.403 e. The summed E-state index contributed by atoms with van der Waals surface area (Å²) in [4.78, 5) is 0. The van der Waals surface area contributed by atoms with E-state index in [4.69, 9.17) is 9.47 Å². The van der Waals surface area contributed by atoms with Crippen LogP contribution in [-0.2, 0) is 19.3 Å². The summed E-state index contributed by atoms with van der Waals surface area (Å²) in [5.41, 5.74) is -3.72. The molecule has 4 fully saturated rings. The van der Waals surface area contributed by atoms with E-state index in [1.165, 1.54) is 7.11 Å². The number of sulfone groups is 1. The zero-order valence-electron chi connectivity index (χ0n) is 23.7. The first-order valence-corrected chi connectivity index (χ1v) is 16.9. The normalized spacial score (nSPS) is 37.3. The maximum Gasteiger partial charge on any atom is 0.403 e. The lowest BCUT2D eigenvalue weighted by Gasteiger charge is -2.51. The number of rotatable bonds is 7. The zero-order valence-corrected chi connectivity index (χ0v) is 24.6. The summed E-state index contributed by atoms with van der Waals surface area (Å²) >= 11 is 0. The molecular formula is C29H46F6O4S. The molecule has 11 heteroatoms. The summed E-state index contributed by atoms with van der Waals surface area (Å²) in [6, 6.07) is 0. The van der Waals surface area contributed by atoms with Crippen molar-refractivity contribution in [3.8, 4) is 0 Å². The van der Waals surface area contributed by atoms with Crippen LogP contribution in [0, 0.1) is 23.2 Å². The van der Waals surface area contributed by atoms with Crippen LogP contribution in [0.15, 0.2) is 0 Å². The zero-order chi connectivity index (χ0) is 29.3. The van der Waals surface area contributed by atoms with Gasteiger partial charge in [-0.25, -0.2) is 8.42 Å². The van der Waals surface area contributed by atoms with Gasteiger partial charge >= 0.3 is 12.4 Å². The Morgan fingerprint density at radius 1 is 0.550 bits per heavy atom. The molecule has 0 heterocycles. The second-order valence-electron chi connectivity index (χ2n) is 13.1. The van der Waals surface area contributed by atoms with Gasteiger partial charge in [-0.3, -0.25) is 0 Å². The van der Waals surface area contributed by atoms with Crippen molar-refractivity contribution in [2.45, 2.75) is 151 Å². The van der Waals surface area contributed by atoms with Crippen molar-refractivity contribution in [1.29, 1.82) is 0 Å². The molecule has 0 aromatic carbocycles. The summed E-state index contributed by atoms with van der Waals surface area (Å²) in [5, 5.41) is -0.651. The molecule has 0 unspecified atom stereocenters. The highest BCUT2D eigenvalue weighted by molar-refractivity contribution is 7.92. The van der Waals surface area contributed by atoms with Gasteiger partial charge in [0, 0.05) is 7.11 Å². The lowest BCUT2D eigenvalue weighted by atomic mass is 9.57. The van der Waals surface area contributed by atoms with Crippen molar-refractivity contribution in [2.24, 2.45) is 23.2 Å². The number of hydrogen-bond donors (Lipinski definition) is 0. The van der Waals surface area contributed by atoms with Gasteiger partial charge in [0.05, 0.1) is 28.8 Å². The number of alkyl halides is 6. The molecule has 4 nitrogen and oxygen atoms in total. The molecule has 0 spiro atoms. The summed E-state index contributed by atoms with van der Waals surface area (Å²) < 4.78 is 125. The predicted molar refractivity (Wildman–Crippen MR) is 141 cm³/mol. The standard InChI is InChI=1S/C29H46F6O4S/c1-19-3-15-25(16-4-19)40(36,37)26-17-13-24(14-18-26)39-23-11-7-21(8-12-23)27(28(30,31)32,29(33,34)35)20-5-9-22(38-2)10-6-20/h19-26H,3-18H2,1-2H3. The molecule has 4 rings (SSSR count). The van der Waals surface area contributed by atoms with Crippen molar-refractivity contribution in [1.82, 2.24) is 0 Å². The van der Waals surface area contributed by atoms with Gasteiger partial charge in [-0.15, -0.1) is 0 Å². The number of hydrogen-bond acceptors (Lipinski definition) is 4. The molecule has 0 aromatic rings. The molecule has 4 saturated carbocycles. The van der Waals surface area contributed by atoms with Crippen LogP contribution in [0.4, 0.5) is 26.3 Å². The molecule has 0 aliphatic heterocycles. The Labute approximate surface area is 235 Å². The fraction of sp³-hybridized carbons (Fsp3) is 1.00. The number of ether oxygens (including phenoxy) is 2. The summed E-state index contributed by atoms with van der Waals surface area (Å²) in [6.45, 7) is 2.15. The van der Waals surface area contributed by atoms with Gasteiger partial charge in [-0.2, -0.15) is 26.3 Å². The van der Waals surface area contributed by atoms with Crippen LogP contribution in [0.5, 0.6) is 0 Å². The third kappa shape index (κ3) is 6.51. The lowest BCUT2D eigenvalue weighted by Crippen LogP contribution is -2.61. The highest BCUT2D eigenvalue weighted by Crippen LogP contribution is 2.65. The number of methoxy groups -OCH3 is 1. The molecule has 40 heavy (non-hydrogen) atoms. The third-order valence-electron chi connectivity index (χ3n) is 10.8. The first-order chi connectivity index (χ1) is 18.7. The molecule has 0 N–H and O–H groups in total. The summed E-state index contributed by atoms with van der Waals surface area (Å²) in [5.74, 6) is -2.48. The Morgan fingerprint density at radius 3 is 1.27 bits per heavy atom. The van der Waals surface area contributed by atoms with Crippen LogP contribution in [0.3, 0.4) is 0 Å². The van der Waals surface area contributed by atoms with E-state index in [2.05, 4.69) is 6.92 Å². The van der Waals surface area contributed by atoms with Crippen LogP contribution < -0.4 is 0 Å². The molecule has 0 bridgehead atoms. The Balaban J connectivity index is 1.34. The topological polar surface area (TPSA) is 52.6 Å². The smallest absolute Gasteiger partial charge is 0.381 e. The van der Waals surface area contributed by atoms with Crippen LogP contribution in [0.25, 0.3) is 0 Å². The van der Waals surface area contributed by atoms with E-state index in [9.17, 15) is 34.8 Å². The van der Waals surface area contributed by atoms with Crippen molar-refractivity contribution < 1.29 is 44.2 Å². The third-order valence-corrected chi connectivity index (χ3v) is 13.6. The Morgan fingerprint density at radius 2 is 0.900 bits per heavy atom. The maximum absolute atomic E-state index is 14.5. The first kappa shape index (κ1) is 32.4. The number of halogens is 6.